The molecule has 25 heavy (non-hydrogen) atoms. The van der Waals surface area contributed by atoms with Gasteiger partial charge in [-0.3, -0.25) is 4.79 Å². The monoisotopic (exact) mass is 335 g/mol. The second-order valence-corrected chi connectivity index (χ2v) is 5.18. The van der Waals surface area contributed by atoms with Crippen LogP contribution in [0.25, 0.3) is 0 Å². The van der Waals surface area contributed by atoms with Crippen LogP contribution in [0.2, 0.25) is 0 Å². The quantitative estimate of drug-likeness (QED) is 0.876. The van der Waals surface area contributed by atoms with Crippen molar-refractivity contribution < 1.29 is 14.3 Å². The lowest BCUT2D eigenvalue weighted by molar-refractivity contribution is 0.0944. The van der Waals surface area contributed by atoms with Crippen molar-refractivity contribution in [3.63, 3.8) is 0 Å². The fourth-order valence-corrected chi connectivity index (χ4v) is 2.36. The Kier molecular flexibility index (Phi) is 5.97. The highest BCUT2D eigenvalue weighted by Crippen LogP contribution is 2.29. The number of benzene rings is 2. The van der Waals surface area contributed by atoms with Crippen molar-refractivity contribution in [2.75, 3.05) is 14.2 Å². The van der Waals surface area contributed by atoms with E-state index in [2.05, 4.69) is 11.4 Å². The largest absolute Gasteiger partial charge is 0.497 e. The normalized spacial score (nSPS) is 10.9. The van der Waals surface area contributed by atoms with Gasteiger partial charge in [-0.2, -0.15) is 10.5 Å². The summed E-state index contributed by atoms with van der Waals surface area (Å²) in [6.45, 7) is 0. The molecule has 126 valence electrons. The number of hydrogen-bond donors (Lipinski definition) is 1. The maximum absolute atomic E-state index is 12.5. The Morgan fingerprint density at radius 1 is 1.16 bits per heavy atom. The Morgan fingerprint density at radius 3 is 2.60 bits per heavy atom. The molecule has 0 saturated heterocycles. The van der Waals surface area contributed by atoms with Crippen molar-refractivity contribution in [2.24, 2.45) is 0 Å². The Bertz CT molecular complexity index is 850. The molecule has 6 heteroatoms. The lowest BCUT2D eigenvalue weighted by atomic mass is 10.0. The summed E-state index contributed by atoms with van der Waals surface area (Å²) < 4.78 is 10.4. The second-order valence-electron chi connectivity index (χ2n) is 5.18. The highest BCUT2D eigenvalue weighted by Gasteiger charge is 2.19. The molecule has 1 amide bonds. The van der Waals surface area contributed by atoms with Gasteiger partial charge >= 0.3 is 0 Å². The van der Waals surface area contributed by atoms with Crippen LogP contribution >= 0.6 is 0 Å². The van der Waals surface area contributed by atoms with Crippen LogP contribution in [0.1, 0.15) is 27.5 Å². The predicted octanol–water partition coefficient (Wildman–Crippen LogP) is 2.76. The van der Waals surface area contributed by atoms with E-state index in [1.165, 1.54) is 14.2 Å². The zero-order valence-corrected chi connectivity index (χ0v) is 13.9. The Hall–Kier alpha value is -3.51. The third-order valence-electron chi connectivity index (χ3n) is 3.63. The molecule has 0 saturated carbocycles. The number of nitrogens with one attached hydrogen (secondary N) is 1. The summed E-state index contributed by atoms with van der Waals surface area (Å²) in [4.78, 5) is 12.5. The van der Waals surface area contributed by atoms with Gasteiger partial charge in [0.25, 0.3) is 5.91 Å². The minimum absolute atomic E-state index is 0.217. The van der Waals surface area contributed by atoms with Crippen LogP contribution in [0.15, 0.2) is 42.5 Å². The molecule has 0 heterocycles. The van der Waals surface area contributed by atoms with Gasteiger partial charge in [-0.1, -0.05) is 12.1 Å². The first-order chi connectivity index (χ1) is 12.1. The third-order valence-corrected chi connectivity index (χ3v) is 3.63. The van der Waals surface area contributed by atoms with Crippen LogP contribution < -0.4 is 14.8 Å². The molecule has 0 spiro atoms. The summed E-state index contributed by atoms with van der Waals surface area (Å²) in [5, 5.41) is 20.9. The van der Waals surface area contributed by atoms with Crippen molar-refractivity contribution >= 4 is 5.91 Å². The van der Waals surface area contributed by atoms with Crippen molar-refractivity contribution in [2.45, 2.75) is 12.5 Å². The van der Waals surface area contributed by atoms with Gasteiger partial charge in [0.15, 0.2) is 0 Å². The Morgan fingerprint density at radius 2 is 1.96 bits per heavy atom. The molecular weight excluding hydrogens is 318 g/mol. The summed E-state index contributed by atoms with van der Waals surface area (Å²) >= 11 is 0. The zero-order valence-electron chi connectivity index (χ0n) is 13.9. The smallest absolute Gasteiger partial charge is 0.252 e. The van der Waals surface area contributed by atoms with Crippen LogP contribution in [-0.2, 0) is 6.42 Å². The molecule has 0 radical (unpaired) electrons. The number of carbonyl (C=O) groups excluding carboxylic acids is 1. The number of methoxy groups -OCH3 is 2. The van der Waals surface area contributed by atoms with E-state index >= 15 is 0 Å². The van der Waals surface area contributed by atoms with E-state index in [9.17, 15) is 10.1 Å². The molecule has 0 bridgehead atoms. The van der Waals surface area contributed by atoms with Crippen molar-refractivity contribution in [1.29, 1.82) is 10.5 Å². The molecule has 2 aromatic carbocycles. The molecule has 0 aliphatic rings. The fourth-order valence-electron chi connectivity index (χ4n) is 2.36. The summed E-state index contributed by atoms with van der Waals surface area (Å²) in [5.74, 6) is 0.640. The van der Waals surface area contributed by atoms with E-state index in [0.29, 0.717) is 22.6 Å². The summed E-state index contributed by atoms with van der Waals surface area (Å²) in [6.07, 6.45) is 0.217. The first-order valence-corrected chi connectivity index (χ1v) is 7.51. The van der Waals surface area contributed by atoms with Crippen LogP contribution in [-0.4, -0.2) is 20.1 Å². The van der Waals surface area contributed by atoms with Gasteiger partial charge in [-0.25, -0.2) is 0 Å². The zero-order chi connectivity index (χ0) is 18.2. The molecular formula is C19H17N3O3. The van der Waals surface area contributed by atoms with E-state index in [4.69, 9.17) is 14.7 Å². The van der Waals surface area contributed by atoms with Gasteiger partial charge in [0.1, 0.15) is 17.5 Å². The number of nitriles is 2. The highest BCUT2D eigenvalue weighted by molar-refractivity contribution is 5.94. The molecule has 0 fully saturated rings. The van der Waals surface area contributed by atoms with E-state index in [0.717, 1.165) is 5.56 Å². The molecule has 0 aromatic heterocycles. The van der Waals surface area contributed by atoms with Gasteiger partial charge in [-0.05, 0) is 29.8 Å². The maximum Gasteiger partial charge on any atom is 0.252 e. The molecule has 1 N–H and O–H groups in total. The van der Waals surface area contributed by atoms with Crippen molar-refractivity contribution in [3.8, 4) is 23.6 Å². The van der Waals surface area contributed by atoms with Crippen LogP contribution in [0.5, 0.6) is 11.5 Å². The predicted molar refractivity (Wildman–Crippen MR) is 91.1 cm³/mol. The number of hydrogen-bond acceptors (Lipinski definition) is 5. The molecule has 0 aliphatic carbocycles. The van der Waals surface area contributed by atoms with Gasteiger partial charge in [0.05, 0.1) is 32.8 Å². The molecule has 0 aliphatic heterocycles. The summed E-state index contributed by atoms with van der Waals surface area (Å²) in [5.41, 5.74) is 1.67. The summed E-state index contributed by atoms with van der Waals surface area (Å²) in [7, 11) is 3.02. The SMILES string of the molecule is COc1ccc([C@H](C#N)NC(=O)c2cccc(CC#N)c2)c(OC)c1. The van der Waals surface area contributed by atoms with E-state index < -0.39 is 11.9 Å². The van der Waals surface area contributed by atoms with Gasteiger partial charge in [-0.15, -0.1) is 0 Å². The average Bonchev–Trinajstić information content (AvgIpc) is 2.66. The molecule has 2 aromatic rings. The summed E-state index contributed by atoms with van der Waals surface area (Å²) in [6, 6.07) is 15.0. The number of rotatable bonds is 6. The number of carbonyl (C=O) groups is 1. The van der Waals surface area contributed by atoms with Gasteiger partial charge in [0.2, 0.25) is 0 Å². The first kappa shape index (κ1) is 17.8. The van der Waals surface area contributed by atoms with Gasteiger partial charge < -0.3 is 14.8 Å². The Labute approximate surface area is 146 Å². The maximum atomic E-state index is 12.5. The fraction of sp³-hybridized carbons (Fsp3) is 0.211. The minimum Gasteiger partial charge on any atom is -0.497 e. The topological polar surface area (TPSA) is 95.1 Å². The highest BCUT2D eigenvalue weighted by atomic mass is 16.5. The molecule has 0 unspecified atom stereocenters. The second kappa shape index (κ2) is 8.37. The standard InChI is InChI=1S/C19H17N3O3/c1-24-15-6-7-16(18(11-15)25-2)17(12-21)22-19(23)14-5-3-4-13(10-14)8-9-20/h3-7,10-11,17H,8H2,1-2H3,(H,22,23)/t17-/m0/s1. The lowest BCUT2D eigenvalue weighted by Gasteiger charge is -2.16. The van der Waals surface area contributed by atoms with Crippen LogP contribution in [0, 0.1) is 22.7 Å². The minimum atomic E-state index is -0.882. The Balaban J connectivity index is 2.25. The van der Waals surface area contributed by atoms with Crippen molar-refractivity contribution in [3.05, 3.63) is 59.2 Å². The average molecular weight is 335 g/mol. The first-order valence-electron chi connectivity index (χ1n) is 7.51. The van der Waals surface area contributed by atoms with Gasteiger partial charge in [0, 0.05) is 17.2 Å². The van der Waals surface area contributed by atoms with E-state index in [1.54, 1.807) is 42.5 Å². The number of amides is 1. The molecule has 1 atom stereocenters. The van der Waals surface area contributed by atoms with E-state index in [-0.39, 0.29) is 6.42 Å². The van der Waals surface area contributed by atoms with Crippen LogP contribution in [0.4, 0.5) is 0 Å². The van der Waals surface area contributed by atoms with Crippen LogP contribution in [0.3, 0.4) is 0 Å². The molecule has 6 nitrogen and oxygen atoms in total. The molecule has 2 rings (SSSR count). The third kappa shape index (κ3) is 4.27. The number of ether oxygens (including phenoxy) is 2. The van der Waals surface area contributed by atoms with Crippen molar-refractivity contribution in [1.82, 2.24) is 5.32 Å². The number of nitrogens with zero attached hydrogens (tertiary/aromatic N) is 2. The van der Waals surface area contributed by atoms with E-state index in [1.807, 2.05) is 6.07 Å². The lowest BCUT2D eigenvalue weighted by Crippen LogP contribution is -2.28.